The first-order valence-electron chi connectivity index (χ1n) is 11.6. The Morgan fingerprint density at radius 3 is 2.71 bits per heavy atom. The summed E-state index contributed by atoms with van der Waals surface area (Å²) in [5, 5.41) is 18.2. The number of hydrogen-bond donors (Lipinski definition) is 5. The van der Waals surface area contributed by atoms with Crippen molar-refractivity contribution in [2.24, 2.45) is 11.7 Å². The normalized spacial score (nSPS) is 22.4. The van der Waals surface area contributed by atoms with Gasteiger partial charge in [0, 0.05) is 30.6 Å². The van der Waals surface area contributed by atoms with Crippen molar-refractivity contribution in [2.45, 2.75) is 89.2 Å². The Balaban J connectivity index is 0.000000703. The molecule has 9 heteroatoms. The summed E-state index contributed by atoms with van der Waals surface area (Å²) in [6.07, 6.45) is 5.14. The third-order valence-electron chi connectivity index (χ3n) is 5.46. The van der Waals surface area contributed by atoms with Crippen LogP contribution in [0.2, 0.25) is 0 Å². The van der Waals surface area contributed by atoms with Gasteiger partial charge < -0.3 is 31.5 Å². The van der Waals surface area contributed by atoms with Crippen LogP contribution in [-0.4, -0.2) is 72.0 Å². The van der Waals surface area contributed by atoms with E-state index in [1.165, 1.54) is 0 Å². The molecule has 31 heavy (non-hydrogen) atoms. The van der Waals surface area contributed by atoms with Crippen molar-refractivity contribution in [3.63, 3.8) is 0 Å². The van der Waals surface area contributed by atoms with Crippen LogP contribution in [0.4, 0.5) is 4.79 Å². The first-order valence-corrected chi connectivity index (χ1v) is 12.6. The van der Waals surface area contributed by atoms with Crippen LogP contribution < -0.4 is 21.7 Å². The lowest BCUT2D eigenvalue weighted by molar-refractivity contribution is -0.121. The predicted molar refractivity (Wildman–Crippen MR) is 127 cm³/mol. The van der Waals surface area contributed by atoms with Gasteiger partial charge >= 0.3 is 6.03 Å². The molecule has 0 saturated carbocycles. The summed E-state index contributed by atoms with van der Waals surface area (Å²) < 4.78 is 5.64. The Bertz CT molecular complexity index is 534. The molecule has 3 atom stereocenters. The third kappa shape index (κ3) is 12.0. The van der Waals surface area contributed by atoms with E-state index in [-0.39, 0.29) is 36.2 Å². The van der Waals surface area contributed by atoms with E-state index >= 15 is 0 Å². The van der Waals surface area contributed by atoms with Crippen LogP contribution in [0.3, 0.4) is 0 Å². The molecule has 2 aliphatic heterocycles. The fourth-order valence-corrected chi connectivity index (χ4v) is 5.10. The molecule has 2 saturated heterocycles. The highest BCUT2D eigenvalue weighted by molar-refractivity contribution is 8.00. The molecule has 0 spiro atoms. The zero-order valence-electron chi connectivity index (χ0n) is 19.7. The van der Waals surface area contributed by atoms with E-state index in [4.69, 9.17) is 15.6 Å². The summed E-state index contributed by atoms with van der Waals surface area (Å²) in [5.41, 5.74) is 4.87. The van der Waals surface area contributed by atoms with Gasteiger partial charge in [0.1, 0.15) is 0 Å². The van der Waals surface area contributed by atoms with Crippen molar-refractivity contribution < 1.29 is 19.4 Å². The van der Waals surface area contributed by atoms with Gasteiger partial charge in [0.25, 0.3) is 0 Å². The maximum Gasteiger partial charge on any atom is 0.315 e. The Morgan fingerprint density at radius 1 is 1.35 bits per heavy atom. The van der Waals surface area contributed by atoms with E-state index in [2.05, 4.69) is 29.8 Å². The zero-order valence-corrected chi connectivity index (χ0v) is 20.6. The van der Waals surface area contributed by atoms with E-state index in [0.29, 0.717) is 31.2 Å². The highest BCUT2D eigenvalue weighted by Crippen LogP contribution is 2.33. The number of ether oxygens (including phenoxy) is 1. The predicted octanol–water partition coefficient (Wildman–Crippen LogP) is 2.00. The van der Waals surface area contributed by atoms with Gasteiger partial charge in [0.15, 0.2) is 0 Å². The molecule has 2 rings (SSSR count). The van der Waals surface area contributed by atoms with Crippen molar-refractivity contribution in [1.29, 1.82) is 0 Å². The number of fused-ring (bicyclic) bond motifs is 1. The van der Waals surface area contributed by atoms with E-state index in [1.54, 1.807) is 0 Å². The largest absolute Gasteiger partial charge is 0.396 e. The number of amides is 3. The van der Waals surface area contributed by atoms with Gasteiger partial charge in [-0.25, -0.2) is 4.79 Å². The minimum Gasteiger partial charge on any atom is -0.396 e. The summed E-state index contributed by atoms with van der Waals surface area (Å²) in [5.74, 6) is 1.80. The van der Waals surface area contributed by atoms with Crippen LogP contribution >= 0.6 is 11.8 Å². The summed E-state index contributed by atoms with van der Waals surface area (Å²) in [6.45, 7) is 10.1. The Labute approximate surface area is 192 Å². The number of carbonyl (C=O) groups is 2. The Kier molecular flexibility index (Phi) is 13.5. The molecule has 0 bridgehead atoms. The van der Waals surface area contributed by atoms with E-state index in [9.17, 15) is 9.59 Å². The van der Waals surface area contributed by atoms with Crippen molar-refractivity contribution in [2.75, 3.05) is 32.1 Å². The molecule has 2 heterocycles. The highest BCUT2D eigenvalue weighted by Gasteiger charge is 2.42. The lowest BCUT2D eigenvalue weighted by Crippen LogP contribution is -2.36. The molecule has 0 aromatic heterocycles. The minimum atomic E-state index is -0.360. The smallest absolute Gasteiger partial charge is 0.315 e. The van der Waals surface area contributed by atoms with Gasteiger partial charge in [-0.15, -0.1) is 0 Å². The minimum absolute atomic E-state index is 0.0518. The van der Waals surface area contributed by atoms with Gasteiger partial charge in [-0.3, -0.25) is 4.79 Å². The summed E-state index contributed by atoms with van der Waals surface area (Å²) in [7, 11) is 0. The van der Waals surface area contributed by atoms with Gasteiger partial charge in [-0.05, 0) is 52.0 Å². The van der Waals surface area contributed by atoms with Crippen LogP contribution in [0.5, 0.6) is 0 Å². The summed E-state index contributed by atoms with van der Waals surface area (Å²) >= 11 is 1.91. The molecule has 182 valence electrons. The van der Waals surface area contributed by atoms with Crippen molar-refractivity contribution >= 4 is 23.7 Å². The summed E-state index contributed by atoms with van der Waals surface area (Å²) in [4.78, 5) is 23.2. The fourth-order valence-electron chi connectivity index (χ4n) is 3.56. The van der Waals surface area contributed by atoms with E-state index in [1.807, 2.05) is 25.6 Å². The number of carbonyl (C=O) groups excluding carboxylic acids is 2. The molecule has 8 nitrogen and oxygen atoms in total. The number of rotatable bonds is 13. The monoisotopic (exact) mass is 460 g/mol. The quantitative estimate of drug-likeness (QED) is 0.211. The van der Waals surface area contributed by atoms with Gasteiger partial charge in [0.05, 0.1) is 24.3 Å². The van der Waals surface area contributed by atoms with Crippen LogP contribution in [0.1, 0.15) is 66.2 Å². The molecule has 6 N–H and O–H groups in total. The second kappa shape index (κ2) is 14.9. The molecule has 0 aromatic carbocycles. The Hall–Kier alpha value is -1.03. The molecule has 0 aliphatic carbocycles. The molecule has 0 radical (unpaired) electrons. The third-order valence-corrected chi connectivity index (χ3v) is 6.96. The van der Waals surface area contributed by atoms with Crippen LogP contribution in [-0.2, 0) is 9.53 Å². The van der Waals surface area contributed by atoms with E-state index < -0.39 is 0 Å². The molecular formula is C22H44N4O4S. The first kappa shape index (κ1) is 28.0. The van der Waals surface area contributed by atoms with Crippen molar-refractivity contribution in [3.8, 4) is 0 Å². The zero-order chi connectivity index (χ0) is 23.3. The number of nitrogens with two attached hydrogens (primary N) is 1. The number of thioether (sulfide) groups is 1. The maximum absolute atomic E-state index is 11.8. The lowest BCUT2D eigenvalue weighted by Gasteiger charge is -2.24. The van der Waals surface area contributed by atoms with Gasteiger partial charge in [-0.1, -0.05) is 20.3 Å². The molecular weight excluding hydrogens is 416 g/mol. The van der Waals surface area contributed by atoms with E-state index in [0.717, 1.165) is 43.9 Å². The molecule has 2 aliphatic rings. The lowest BCUT2D eigenvalue weighted by atomic mass is 10.0. The summed E-state index contributed by atoms with van der Waals surface area (Å²) in [6, 6.07) is 0.454. The van der Waals surface area contributed by atoms with Crippen molar-refractivity contribution in [3.05, 3.63) is 0 Å². The Morgan fingerprint density at radius 2 is 2.10 bits per heavy atom. The molecule has 0 aromatic rings. The van der Waals surface area contributed by atoms with Crippen LogP contribution in [0.25, 0.3) is 0 Å². The number of nitrogens with one attached hydrogen (secondary N) is 3. The number of hydrogen-bond acceptors (Lipinski definition) is 6. The average Bonchev–Trinajstić information content (AvgIpc) is 3.22. The number of aliphatic hydroxyl groups is 1. The second-order valence-electron chi connectivity index (χ2n) is 9.27. The molecule has 3 amide bonds. The first-order chi connectivity index (χ1) is 14.7. The SMILES string of the molecule is CC(C)(CCO)OCCNC(=O)CCCC[C@@H]1SC[C@@H]2NC(=O)N[C@@H]21.CC(C)CCN. The standard InChI is InChI=1S/C17H31N3O4S.C5H13N/c1-17(2,7-9-21)24-10-8-18-14(22)6-4-3-5-13-15-12(11-25-13)19-16(23)20-15;1-5(2)3-4-6/h12-13,15,21H,3-11H2,1-2H3,(H,18,22)(H2,19,20,23);5H,3-4,6H2,1-2H3/t12-,13-,15-;/m0./s1. The topological polar surface area (TPSA) is 126 Å². The average molecular weight is 461 g/mol. The van der Waals surface area contributed by atoms with Gasteiger partial charge in [-0.2, -0.15) is 11.8 Å². The van der Waals surface area contributed by atoms with Gasteiger partial charge in [0.2, 0.25) is 5.91 Å². The van der Waals surface area contributed by atoms with Crippen LogP contribution in [0.15, 0.2) is 0 Å². The molecule has 0 unspecified atom stereocenters. The maximum atomic E-state index is 11.8. The fraction of sp³-hybridized carbons (Fsp3) is 0.909. The number of aliphatic hydroxyl groups excluding tert-OH is 1. The number of urea groups is 1. The van der Waals surface area contributed by atoms with Crippen molar-refractivity contribution in [1.82, 2.24) is 16.0 Å². The molecule has 2 fully saturated rings. The highest BCUT2D eigenvalue weighted by atomic mass is 32.2. The number of unbranched alkanes of at least 4 members (excludes halogenated alkanes) is 1. The van der Waals surface area contributed by atoms with Crippen LogP contribution in [0, 0.1) is 5.92 Å². The second-order valence-corrected chi connectivity index (χ2v) is 10.5.